The molecule has 0 N–H and O–H groups in total. The predicted molar refractivity (Wildman–Crippen MR) is 55.4 cm³/mol. The third kappa shape index (κ3) is 2.87. The molecule has 0 amide bonds. The van der Waals surface area contributed by atoms with Gasteiger partial charge >= 0.3 is 0 Å². The van der Waals surface area contributed by atoms with E-state index in [2.05, 4.69) is 25.3 Å². The number of thiol groups is 2. The standard InChI is InChI=1S/C8H10O2S2/c11-5-9-7-2-1-3-8(4-7)10-6-12/h1-4,11-12H,5-6H2. The molecule has 0 heterocycles. The van der Waals surface area contributed by atoms with Crippen LogP contribution in [0.5, 0.6) is 11.5 Å². The Bertz CT molecular complexity index is 219. The van der Waals surface area contributed by atoms with Crippen LogP contribution in [0.4, 0.5) is 0 Å². The van der Waals surface area contributed by atoms with E-state index in [1.807, 2.05) is 18.2 Å². The van der Waals surface area contributed by atoms with Gasteiger partial charge in [0.25, 0.3) is 0 Å². The van der Waals surface area contributed by atoms with Crippen LogP contribution in [0, 0.1) is 0 Å². The summed E-state index contributed by atoms with van der Waals surface area (Å²) in [6.45, 7) is 0. The first-order valence-electron chi connectivity index (χ1n) is 3.44. The van der Waals surface area contributed by atoms with Crippen molar-refractivity contribution < 1.29 is 9.47 Å². The van der Waals surface area contributed by atoms with Crippen LogP contribution in [-0.2, 0) is 0 Å². The summed E-state index contributed by atoms with van der Waals surface area (Å²) in [6, 6.07) is 7.35. The number of rotatable bonds is 4. The number of hydrogen-bond donors (Lipinski definition) is 2. The highest BCUT2D eigenvalue weighted by Crippen LogP contribution is 2.19. The Balaban J connectivity index is 2.67. The summed E-state index contributed by atoms with van der Waals surface area (Å²) in [7, 11) is 0. The summed E-state index contributed by atoms with van der Waals surface area (Å²) < 4.78 is 10.3. The minimum absolute atomic E-state index is 0.365. The molecule has 0 aliphatic heterocycles. The lowest BCUT2D eigenvalue weighted by molar-refractivity contribution is 0.375. The first-order chi connectivity index (χ1) is 5.86. The van der Waals surface area contributed by atoms with Crippen LogP contribution < -0.4 is 9.47 Å². The average Bonchev–Trinajstić information content (AvgIpc) is 2.06. The highest BCUT2D eigenvalue weighted by molar-refractivity contribution is 7.80. The summed E-state index contributed by atoms with van der Waals surface area (Å²) in [5.74, 6) is 2.24. The third-order valence-electron chi connectivity index (χ3n) is 1.27. The molecule has 0 aliphatic carbocycles. The molecule has 12 heavy (non-hydrogen) atoms. The molecule has 0 aliphatic rings. The molecule has 4 heteroatoms. The molecule has 66 valence electrons. The maximum Gasteiger partial charge on any atom is 0.131 e. The van der Waals surface area contributed by atoms with E-state index in [1.165, 1.54) is 0 Å². The zero-order chi connectivity index (χ0) is 8.81. The van der Waals surface area contributed by atoms with Crippen molar-refractivity contribution in [3.05, 3.63) is 24.3 Å². The molecule has 0 atom stereocenters. The van der Waals surface area contributed by atoms with Gasteiger partial charge in [-0.1, -0.05) is 6.07 Å². The zero-order valence-electron chi connectivity index (χ0n) is 6.43. The van der Waals surface area contributed by atoms with Gasteiger partial charge < -0.3 is 9.47 Å². The maximum atomic E-state index is 5.15. The Morgan fingerprint density at radius 3 is 1.92 bits per heavy atom. The zero-order valence-corrected chi connectivity index (χ0v) is 8.22. The molecule has 1 aromatic carbocycles. The van der Waals surface area contributed by atoms with Crippen LogP contribution >= 0.6 is 25.3 Å². The number of hydrogen-bond acceptors (Lipinski definition) is 4. The lowest BCUT2D eigenvalue weighted by Gasteiger charge is -2.05. The van der Waals surface area contributed by atoms with Crippen molar-refractivity contribution >= 4 is 25.3 Å². The first kappa shape index (κ1) is 9.61. The van der Waals surface area contributed by atoms with Crippen molar-refractivity contribution in [1.82, 2.24) is 0 Å². The first-order valence-corrected chi connectivity index (χ1v) is 4.70. The number of benzene rings is 1. The fourth-order valence-electron chi connectivity index (χ4n) is 0.803. The van der Waals surface area contributed by atoms with E-state index in [-0.39, 0.29) is 0 Å². The molecule has 2 nitrogen and oxygen atoms in total. The minimum Gasteiger partial charge on any atom is -0.483 e. The summed E-state index contributed by atoms with van der Waals surface area (Å²) in [5, 5.41) is 0. The van der Waals surface area contributed by atoms with E-state index < -0.39 is 0 Å². The SMILES string of the molecule is SCOc1cccc(OCS)c1. The Labute approximate surface area is 82.7 Å². The van der Waals surface area contributed by atoms with Crippen molar-refractivity contribution in [2.75, 3.05) is 11.9 Å². The Morgan fingerprint density at radius 1 is 1.00 bits per heavy atom. The quantitative estimate of drug-likeness (QED) is 0.576. The van der Waals surface area contributed by atoms with E-state index in [1.54, 1.807) is 6.07 Å². The summed E-state index contributed by atoms with van der Waals surface area (Å²) in [4.78, 5) is 0. The van der Waals surface area contributed by atoms with Crippen molar-refractivity contribution in [3.63, 3.8) is 0 Å². The van der Waals surface area contributed by atoms with Crippen LogP contribution in [0.1, 0.15) is 0 Å². The molecule has 0 fully saturated rings. The summed E-state index contributed by atoms with van der Waals surface area (Å²) in [6.07, 6.45) is 0. The van der Waals surface area contributed by atoms with Gasteiger partial charge in [-0.3, -0.25) is 0 Å². The Kier molecular flexibility index (Phi) is 4.18. The fourth-order valence-corrected chi connectivity index (χ4v) is 1.10. The van der Waals surface area contributed by atoms with E-state index in [0.717, 1.165) is 11.5 Å². The highest BCUT2D eigenvalue weighted by atomic mass is 32.1. The van der Waals surface area contributed by atoms with Gasteiger partial charge in [0.1, 0.15) is 23.4 Å². The van der Waals surface area contributed by atoms with Crippen molar-refractivity contribution in [2.45, 2.75) is 0 Å². The molecule has 0 radical (unpaired) electrons. The third-order valence-corrected chi connectivity index (χ3v) is 1.53. The molecule has 0 bridgehead atoms. The normalized spacial score (nSPS) is 9.50. The van der Waals surface area contributed by atoms with E-state index in [4.69, 9.17) is 9.47 Å². The molecule has 0 saturated heterocycles. The molecule has 0 aromatic heterocycles. The molecule has 1 rings (SSSR count). The van der Waals surface area contributed by atoms with Crippen LogP contribution in [0.2, 0.25) is 0 Å². The van der Waals surface area contributed by atoms with Gasteiger partial charge in [-0.05, 0) is 12.1 Å². The van der Waals surface area contributed by atoms with Gasteiger partial charge in [-0.2, -0.15) is 0 Å². The van der Waals surface area contributed by atoms with Gasteiger partial charge in [-0.25, -0.2) is 0 Å². The van der Waals surface area contributed by atoms with Crippen LogP contribution in [0.25, 0.3) is 0 Å². The van der Waals surface area contributed by atoms with Gasteiger partial charge in [0.2, 0.25) is 0 Å². The van der Waals surface area contributed by atoms with Gasteiger partial charge in [-0.15, -0.1) is 25.3 Å². The minimum atomic E-state index is 0.365. The van der Waals surface area contributed by atoms with Crippen LogP contribution in [0.15, 0.2) is 24.3 Å². The smallest absolute Gasteiger partial charge is 0.131 e. The van der Waals surface area contributed by atoms with E-state index in [0.29, 0.717) is 11.9 Å². The molecule has 0 saturated carbocycles. The van der Waals surface area contributed by atoms with Gasteiger partial charge in [0.05, 0.1) is 0 Å². The average molecular weight is 202 g/mol. The second-order valence-electron chi connectivity index (χ2n) is 2.02. The summed E-state index contributed by atoms with van der Waals surface area (Å²) in [5.41, 5.74) is 0. The predicted octanol–water partition coefficient (Wildman–Crippen LogP) is 2.22. The van der Waals surface area contributed by atoms with E-state index >= 15 is 0 Å². The monoisotopic (exact) mass is 202 g/mol. The Morgan fingerprint density at radius 2 is 1.50 bits per heavy atom. The Hall–Kier alpha value is -0.480. The van der Waals surface area contributed by atoms with E-state index in [9.17, 15) is 0 Å². The number of ether oxygens (including phenoxy) is 2. The van der Waals surface area contributed by atoms with Crippen molar-refractivity contribution in [2.24, 2.45) is 0 Å². The van der Waals surface area contributed by atoms with Crippen LogP contribution in [0.3, 0.4) is 0 Å². The lowest BCUT2D eigenvalue weighted by atomic mass is 10.3. The maximum absolute atomic E-state index is 5.15. The second kappa shape index (κ2) is 5.22. The lowest BCUT2D eigenvalue weighted by Crippen LogP contribution is -1.91. The van der Waals surface area contributed by atoms with Crippen molar-refractivity contribution in [1.29, 1.82) is 0 Å². The van der Waals surface area contributed by atoms with Crippen LogP contribution in [-0.4, -0.2) is 11.9 Å². The van der Waals surface area contributed by atoms with Gasteiger partial charge in [0.15, 0.2) is 0 Å². The topological polar surface area (TPSA) is 18.5 Å². The second-order valence-corrected chi connectivity index (χ2v) is 2.54. The molecular weight excluding hydrogens is 192 g/mol. The molecular formula is C8H10O2S2. The molecule has 0 spiro atoms. The molecule has 0 unspecified atom stereocenters. The van der Waals surface area contributed by atoms with Crippen molar-refractivity contribution in [3.8, 4) is 11.5 Å². The largest absolute Gasteiger partial charge is 0.483 e. The fraction of sp³-hybridized carbons (Fsp3) is 0.250. The highest BCUT2D eigenvalue weighted by Gasteiger charge is 1.94. The molecule has 1 aromatic rings. The summed E-state index contributed by atoms with van der Waals surface area (Å²) >= 11 is 7.88. The van der Waals surface area contributed by atoms with Gasteiger partial charge in [0, 0.05) is 6.07 Å².